The Balaban J connectivity index is 2.94. The number of aldehydes is 1. The molecule has 1 aromatic carbocycles. The van der Waals surface area contributed by atoms with Gasteiger partial charge in [0.15, 0.2) is 6.29 Å². The van der Waals surface area contributed by atoms with Crippen LogP contribution in [0.25, 0.3) is 10.9 Å². The third-order valence-corrected chi connectivity index (χ3v) is 2.40. The van der Waals surface area contributed by atoms with Gasteiger partial charge in [-0.2, -0.15) is 5.26 Å². The predicted molar refractivity (Wildman–Crippen MR) is 53.1 cm³/mol. The summed E-state index contributed by atoms with van der Waals surface area (Å²) in [6, 6.07) is 5.62. The summed E-state index contributed by atoms with van der Waals surface area (Å²) in [7, 11) is 0. The van der Waals surface area contributed by atoms with Crippen LogP contribution in [0.4, 0.5) is 0 Å². The van der Waals surface area contributed by atoms with Crippen LogP contribution in [-0.2, 0) is 0 Å². The van der Waals surface area contributed by atoms with Gasteiger partial charge in [0.05, 0.1) is 11.6 Å². The number of hydrogen-bond donors (Lipinski definition) is 1. The van der Waals surface area contributed by atoms with E-state index in [0.29, 0.717) is 11.1 Å². The molecular formula is C11H8N2O. The molecule has 14 heavy (non-hydrogen) atoms. The quantitative estimate of drug-likeness (QED) is 0.690. The molecule has 2 aromatic rings. The Hall–Kier alpha value is -2.08. The van der Waals surface area contributed by atoms with Crippen LogP contribution in [0.15, 0.2) is 18.3 Å². The monoisotopic (exact) mass is 184 g/mol. The van der Waals surface area contributed by atoms with Gasteiger partial charge in [0.1, 0.15) is 0 Å². The first-order valence-electron chi connectivity index (χ1n) is 4.24. The lowest BCUT2D eigenvalue weighted by Crippen LogP contribution is -1.92. The standard InChI is InChI=1S/C11H8N2O/c1-7-9-2-3-13-11(9)4-8(5-12)10(7)6-14/h2-4,6,13H,1H3. The van der Waals surface area contributed by atoms with Crippen LogP contribution >= 0.6 is 0 Å². The third-order valence-electron chi connectivity index (χ3n) is 2.40. The molecule has 0 aliphatic heterocycles. The van der Waals surface area contributed by atoms with E-state index in [4.69, 9.17) is 5.26 Å². The highest BCUT2D eigenvalue weighted by Gasteiger charge is 2.09. The topological polar surface area (TPSA) is 56.6 Å². The van der Waals surface area contributed by atoms with Gasteiger partial charge in [-0.15, -0.1) is 0 Å². The maximum absolute atomic E-state index is 10.8. The van der Waals surface area contributed by atoms with Crippen molar-refractivity contribution in [1.82, 2.24) is 4.98 Å². The number of fused-ring (bicyclic) bond motifs is 1. The molecular weight excluding hydrogens is 176 g/mol. The molecule has 3 heteroatoms. The lowest BCUT2D eigenvalue weighted by atomic mass is 10.0. The molecule has 0 amide bonds. The number of nitrogens with one attached hydrogen (secondary N) is 1. The highest BCUT2D eigenvalue weighted by molar-refractivity contribution is 5.94. The number of H-pyrrole nitrogens is 1. The van der Waals surface area contributed by atoms with Crippen LogP contribution in [0, 0.1) is 18.3 Å². The zero-order chi connectivity index (χ0) is 10.1. The Morgan fingerprint density at radius 1 is 1.57 bits per heavy atom. The molecule has 0 radical (unpaired) electrons. The normalized spacial score (nSPS) is 10.0. The van der Waals surface area contributed by atoms with Gasteiger partial charge in [0, 0.05) is 22.7 Å². The molecule has 0 saturated heterocycles. The van der Waals surface area contributed by atoms with Crippen LogP contribution < -0.4 is 0 Å². The van der Waals surface area contributed by atoms with Gasteiger partial charge in [-0.1, -0.05) is 0 Å². The Kier molecular flexibility index (Phi) is 1.83. The molecule has 1 heterocycles. The zero-order valence-electron chi connectivity index (χ0n) is 7.66. The molecule has 0 aliphatic rings. The number of aromatic nitrogens is 1. The minimum atomic E-state index is 0.424. The maximum Gasteiger partial charge on any atom is 0.151 e. The number of nitrogens with zero attached hydrogens (tertiary/aromatic N) is 1. The van der Waals surface area contributed by atoms with Gasteiger partial charge in [-0.25, -0.2) is 0 Å². The number of carbonyl (C=O) groups excluding carboxylic acids is 1. The second kappa shape index (κ2) is 3.00. The summed E-state index contributed by atoms with van der Waals surface area (Å²) < 4.78 is 0. The van der Waals surface area contributed by atoms with Crippen LogP contribution in [-0.4, -0.2) is 11.3 Å². The van der Waals surface area contributed by atoms with Crippen molar-refractivity contribution >= 4 is 17.2 Å². The molecule has 0 spiro atoms. The fourth-order valence-electron chi connectivity index (χ4n) is 1.64. The van der Waals surface area contributed by atoms with Crippen molar-refractivity contribution in [1.29, 1.82) is 5.26 Å². The van der Waals surface area contributed by atoms with Gasteiger partial charge in [0.2, 0.25) is 0 Å². The number of hydrogen-bond acceptors (Lipinski definition) is 2. The van der Waals surface area contributed by atoms with Crippen molar-refractivity contribution in [3.05, 3.63) is 35.0 Å². The summed E-state index contributed by atoms with van der Waals surface area (Å²) in [6.07, 6.45) is 2.54. The SMILES string of the molecule is Cc1c(C=O)c(C#N)cc2[nH]ccc12. The van der Waals surface area contributed by atoms with Crippen molar-refractivity contribution in [2.24, 2.45) is 0 Å². The zero-order valence-corrected chi connectivity index (χ0v) is 7.66. The number of aromatic amines is 1. The van der Waals surface area contributed by atoms with Crippen LogP contribution in [0.3, 0.4) is 0 Å². The molecule has 0 bridgehead atoms. The fraction of sp³-hybridized carbons (Fsp3) is 0.0909. The second-order valence-corrected chi connectivity index (χ2v) is 3.13. The number of aryl methyl sites for hydroxylation is 1. The number of rotatable bonds is 1. The van der Waals surface area contributed by atoms with Gasteiger partial charge in [-0.05, 0) is 24.6 Å². The minimum Gasteiger partial charge on any atom is -0.361 e. The van der Waals surface area contributed by atoms with E-state index < -0.39 is 0 Å². The van der Waals surface area contributed by atoms with E-state index >= 15 is 0 Å². The lowest BCUT2D eigenvalue weighted by molar-refractivity contribution is 0.112. The Labute approximate surface area is 81.0 Å². The smallest absolute Gasteiger partial charge is 0.151 e. The molecule has 1 N–H and O–H groups in total. The van der Waals surface area contributed by atoms with Crippen molar-refractivity contribution in [3.63, 3.8) is 0 Å². The summed E-state index contributed by atoms with van der Waals surface area (Å²) in [5.41, 5.74) is 2.66. The van der Waals surface area contributed by atoms with E-state index in [9.17, 15) is 4.79 Å². The van der Waals surface area contributed by atoms with Gasteiger partial charge < -0.3 is 4.98 Å². The predicted octanol–water partition coefficient (Wildman–Crippen LogP) is 2.16. The largest absolute Gasteiger partial charge is 0.361 e. The molecule has 3 nitrogen and oxygen atoms in total. The molecule has 0 fully saturated rings. The van der Waals surface area contributed by atoms with E-state index in [1.807, 2.05) is 19.1 Å². The number of nitriles is 1. The molecule has 0 unspecified atom stereocenters. The summed E-state index contributed by atoms with van der Waals surface area (Å²) in [5.74, 6) is 0. The summed E-state index contributed by atoms with van der Waals surface area (Å²) in [6.45, 7) is 1.85. The lowest BCUT2D eigenvalue weighted by Gasteiger charge is -2.02. The van der Waals surface area contributed by atoms with Crippen molar-refractivity contribution in [2.45, 2.75) is 6.92 Å². The summed E-state index contributed by atoms with van der Waals surface area (Å²) >= 11 is 0. The van der Waals surface area contributed by atoms with Crippen molar-refractivity contribution < 1.29 is 4.79 Å². The molecule has 68 valence electrons. The Morgan fingerprint density at radius 3 is 3.00 bits per heavy atom. The first-order valence-corrected chi connectivity index (χ1v) is 4.24. The highest BCUT2D eigenvalue weighted by atomic mass is 16.1. The molecule has 1 aromatic heterocycles. The van der Waals surface area contributed by atoms with Gasteiger partial charge >= 0.3 is 0 Å². The number of benzene rings is 1. The van der Waals surface area contributed by atoms with Crippen molar-refractivity contribution in [2.75, 3.05) is 0 Å². The summed E-state index contributed by atoms with van der Waals surface area (Å²) in [5, 5.41) is 9.84. The summed E-state index contributed by atoms with van der Waals surface area (Å²) in [4.78, 5) is 13.8. The first-order chi connectivity index (χ1) is 6.77. The molecule has 2 rings (SSSR count). The maximum atomic E-state index is 10.8. The Morgan fingerprint density at radius 2 is 2.36 bits per heavy atom. The first kappa shape index (κ1) is 8.52. The average Bonchev–Trinajstić information content (AvgIpc) is 2.65. The van der Waals surface area contributed by atoms with Gasteiger partial charge in [0.25, 0.3) is 0 Å². The second-order valence-electron chi connectivity index (χ2n) is 3.13. The fourth-order valence-corrected chi connectivity index (χ4v) is 1.64. The van der Waals surface area contributed by atoms with E-state index in [1.165, 1.54) is 0 Å². The highest BCUT2D eigenvalue weighted by Crippen LogP contribution is 2.22. The van der Waals surface area contributed by atoms with E-state index in [1.54, 1.807) is 12.3 Å². The molecule has 0 atom stereocenters. The molecule has 0 saturated carbocycles. The van der Waals surface area contributed by atoms with Crippen LogP contribution in [0.2, 0.25) is 0 Å². The number of carbonyl (C=O) groups is 1. The van der Waals surface area contributed by atoms with E-state index in [0.717, 1.165) is 22.8 Å². The Bertz CT molecular complexity index is 546. The average molecular weight is 184 g/mol. The van der Waals surface area contributed by atoms with Crippen LogP contribution in [0.5, 0.6) is 0 Å². The van der Waals surface area contributed by atoms with Crippen molar-refractivity contribution in [3.8, 4) is 6.07 Å². The third kappa shape index (κ3) is 1.01. The minimum absolute atomic E-state index is 0.424. The molecule has 0 aliphatic carbocycles. The van der Waals surface area contributed by atoms with Gasteiger partial charge in [-0.3, -0.25) is 4.79 Å². The van der Waals surface area contributed by atoms with Crippen LogP contribution in [0.1, 0.15) is 21.5 Å². The van der Waals surface area contributed by atoms with E-state index in [-0.39, 0.29) is 0 Å². The van der Waals surface area contributed by atoms with E-state index in [2.05, 4.69) is 4.98 Å².